The lowest BCUT2D eigenvalue weighted by atomic mass is 9.91. The van der Waals surface area contributed by atoms with Gasteiger partial charge in [0.05, 0.1) is 13.2 Å². The number of ether oxygens (including phenoxy) is 1. The number of methoxy groups -OCH3 is 1. The minimum absolute atomic E-state index is 0.102. The first-order valence-electron chi connectivity index (χ1n) is 10.9. The fourth-order valence-electron chi connectivity index (χ4n) is 4.69. The summed E-state index contributed by atoms with van der Waals surface area (Å²) < 4.78 is 19.1. The highest BCUT2D eigenvalue weighted by Gasteiger charge is 2.34. The normalized spacial score (nSPS) is 15.6. The first-order chi connectivity index (χ1) is 15.6. The summed E-state index contributed by atoms with van der Waals surface area (Å²) in [5, 5.41) is 1.11. The molecule has 1 N–H and O–H groups in total. The largest absolute Gasteiger partial charge is 0.497 e. The predicted octanol–water partition coefficient (Wildman–Crippen LogP) is 5.42. The highest BCUT2D eigenvalue weighted by atomic mass is 19.1. The van der Waals surface area contributed by atoms with E-state index in [4.69, 9.17) is 4.74 Å². The zero-order valence-electron chi connectivity index (χ0n) is 18.0. The van der Waals surface area contributed by atoms with Crippen LogP contribution in [0.15, 0.2) is 72.8 Å². The minimum Gasteiger partial charge on any atom is -0.497 e. The van der Waals surface area contributed by atoms with E-state index in [2.05, 4.69) is 4.98 Å². The van der Waals surface area contributed by atoms with Gasteiger partial charge in [0.15, 0.2) is 0 Å². The summed E-state index contributed by atoms with van der Waals surface area (Å²) in [4.78, 5) is 18.8. The second-order valence-electron chi connectivity index (χ2n) is 8.21. The maximum absolute atomic E-state index is 13.7. The third kappa shape index (κ3) is 3.75. The van der Waals surface area contributed by atoms with Crippen LogP contribution in [0.2, 0.25) is 0 Å². The zero-order valence-corrected chi connectivity index (χ0v) is 18.0. The number of aromatic amines is 1. The monoisotopic (exact) mass is 428 g/mol. The second kappa shape index (κ2) is 8.50. The van der Waals surface area contributed by atoms with E-state index in [9.17, 15) is 9.18 Å². The number of nitrogens with one attached hydrogen (secondary N) is 1. The Hall–Kier alpha value is -3.60. The fraction of sp³-hybridized carbons (Fsp3) is 0.222. The summed E-state index contributed by atoms with van der Waals surface area (Å²) in [6.07, 6.45) is 1.89. The Morgan fingerprint density at radius 2 is 1.88 bits per heavy atom. The molecule has 1 atom stereocenters. The molecule has 0 bridgehead atoms. The van der Waals surface area contributed by atoms with E-state index in [1.807, 2.05) is 53.4 Å². The van der Waals surface area contributed by atoms with E-state index in [1.54, 1.807) is 19.2 Å². The molecule has 162 valence electrons. The number of H-pyrrole nitrogens is 1. The Morgan fingerprint density at radius 1 is 1.09 bits per heavy atom. The Balaban J connectivity index is 1.53. The van der Waals surface area contributed by atoms with Crippen LogP contribution in [0, 0.1) is 5.82 Å². The molecule has 1 aromatic heterocycles. The molecule has 4 nitrogen and oxygen atoms in total. The van der Waals surface area contributed by atoms with Crippen LogP contribution in [-0.4, -0.2) is 29.4 Å². The fourth-order valence-corrected chi connectivity index (χ4v) is 4.69. The molecule has 0 spiro atoms. The van der Waals surface area contributed by atoms with Crippen LogP contribution >= 0.6 is 0 Å². The quantitative estimate of drug-likeness (QED) is 0.461. The molecule has 0 aliphatic carbocycles. The topological polar surface area (TPSA) is 45.3 Å². The van der Waals surface area contributed by atoms with Gasteiger partial charge in [-0.1, -0.05) is 42.5 Å². The lowest BCUT2D eigenvalue weighted by Gasteiger charge is -2.36. The average Bonchev–Trinajstić information content (AvgIpc) is 3.21. The summed E-state index contributed by atoms with van der Waals surface area (Å²) in [5.74, 6) is 0.622. The van der Waals surface area contributed by atoms with Gasteiger partial charge in [-0.25, -0.2) is 4.39 Å². The molecule has 2 heterocycles. The second-order valence-corrected chi connectivity index (χ2v) is 8.21. The number of nitrogens with zero attached hydrogens (tertiary/aromatic N) is 1. The Kier molecular flexibility index (Phi) is 5.39. The number of fused-ring (bicyclic) bond motifs is 3. The van der Waals surface area contributed by atoms with Gasteiger partial charge in [-0.15, -0.1) is 0 Å². The Morgan fingerprint density at radius 3 is 2.62 bits per heavy atom. The van der Waals surface area contributed by atoms with Gasteiger partial charge in [0, 0.05) is 29.6 Å². The number of halogens is 1. The number of benzene rings is 3. The van der Waals surface area contributed by atoms with Gasteiger partial charge in [-0.2, -0.15) is 0 Å². The van der Waals surface area contributed by atoms with Crippen molar-refractivity contribution in [2.75, 3.05) is 13.7 Å². The molecule has 1 aliphatic rings. The minimum atomic E-state index is -0.284. The Labute approximate surface area is 186 Å². The van der Waals surface area contributed by atoms with Gasteiger partial charge < -0.3 is 14.6 Å². The SMILES string of the molecule is COc1ccc2[nH]c3c(c2c1)CCN(C(=O)CCc1ccccc1)C3c1ccc(F)cc1. The van der Waals surface area contributed by atoms with Crippen LogP contribution in [0.4, 0.5) is 4.39 Å². The molecule has 0 saturated carbocycles. The number of hydrogen-bond acceptors (Lipinski definition) is 2. The molecule has 5 heteroatoms. The number of amides is 1. The summed E-state index contributed by atoms with van der Waals surface area (Å²) >= 11 is 0. The molecule has 32 heavy (non-hydrogen) atoms. The summed E-state index contributed by atoms with van der Waals surface area (Å²) in [6, 6.07) is 22.2. The number of aromatic nitrogens is 1. The number of carbonyl (C=O) groups excluding carboxylic acids is 1. The van der Waals surface area contributed by atoms with Crippen molar-refractivity contribution in [1.29, 1.82) is 0 Å². The zero-order chi connectivity index (χ0) is 22.1. The molecule has 0 fully saturated rings. The van der Waals surface area contributed by atoms with Crippen LogP contribution in [0.1, 0.15) is 34.8 Å². The summed E-state index contributed by atoms with van der Waals surface area (Å²) in [7, 11) is 1.66. The van der Waals surface area contributed by atoms with Crippen molar-refractivity contribution < 1.29 is 13.9 Å². The third-order valence-corrected chi connectivity index (χ3v) is 6.31. The molecule has 1 unspecified atom stereocenters. The molecule has 0 saturated heterocycles. The molecule has 3 aromatic carbocycles. The van der Waals surface area contributed by atoms with E-state index in [0.29, 0.717) is 19.4 Å². The van der Waals surface area contributed by atoms with Crippen molar-refractivity contribution in [2.24, 2.45) is 0 Å². The van der Waals surface area contributed by atoms with E-state index in [-0.39, 0.29) is 17.8 Å². The molecule has 1 aliphatic heterocycles. The van der Waals surface area contributed by atoms with Gasteiger partial charge in [0.25, 0.3) is 0 Å². The van der Waals surface area contributed by atoms with Crippen LogP contribution in [-0.2, 0) is 17.6 Å². The highest BCUT2D eigenvalue weighted by Crippen LogP contribution is 2.39. The van der Waals surface area contributed by atoms with E-state index < -0.39 is 0 Å². The summed E-state index contributed by atoms with van der Waals surface area (Å²) in [6.45, 7) is 0.618. The number of hydrogen-bond donors (Lipinski definition) is 1. The van der Waals surface area contributed by atoms with Gasteiger partial charge in [-0.05, 0) is 59.9 Å². The first-order valence-corrected chi connectivity index (χ1v) is 10.9. The number of aryl methyl sites for hydroxylation is 1. The third-order valence-electron chi connectivity index (χ3n) is 6.31. The highest BCUT2D eigenvalue weighted by molar-refractivity contribution is 5.88. The van der Waals surface area contributed by atoms with Crippen molar-refractivity contribution in [3.63, 3.8) is 0 Å². The van der Waals surface area contributed by atoms with Gasteiger partial charge in [0.2, 0.25) is 5.91 Å². The average molecular weight is 429 g/mol. The lowest BCUT2D eigenvalue weighted by molar-refractivity contribution is -0.133. The van der Waals surface area contributed by atoms with Gasteiger partial charge in [-0.3, -0.25) is 4.79 Å². The number of carbonyl (C=O) groups is 1. The van der Waals surface area contributed by atoms with E-state index in [0.717, 1.165) is 39.9 Å². The van der Waals surface area contributed by atoms with Crippen LogP contribution in [0.25, 0.3) is 10.9 Å². The van der Waals surface area contributed by atoms with Gasteiger partial charge >= 0.3 is 0 Å². The van der Waals surface area contributed by atoms with E-state index >= 15 is 0 Å². The summed E-state index contributed by atoms with van der Waals surface area (Å²) in [5.41, 5.74) is 5.26. The molecule has 5 rings (SSSR count). The maximum atomic E-state index is 13.7. The van der Waals surface area contributed by atoms with E-state index in [1.165, 1.54) is 17.7 Å². The number of rotatable bonds is 5. The van der Waals surface area contributed by atoms with Crippen LogP contribution < -0.4 is 4.74 Å². The lowest BCUT2D eigenvalue weighted by Crippen LogP contribution is -2.40. The van der Waals surface area contributed by atoms with Crippen molar-refractivity contribution in [2.45, 2.75) is 25.3 Å². The maximum Gasteiger partial charge on any atom is 0.223 e. The van der Waals surface area contributed by atoms with Crippen molar-refractivity contribution >= 4 is 16.8 Å². The Bertz CT molecular complexity index is 1250. The van der Waals surface area contributed by atoms with Crippen LogP contribution in [0.3, 0.4) is 0 Å². The molecule has 1 amide bonds. The molecular weight excluding hydrogens is 403 g/mol. The van der Waals surface area contributed by atoms with Crippen molar-refractivity contribution in [3.05, 3.63) is 101 Å². The first kappa shape index (κ1) is 20.3. The standard InChI is InChI=1S/C27H25FN2O2/c1-32-21-12-13-24-23(17-21)22-15-16-30(25(31)14-7-18-5-3-2-4-6-18)27(26(22)29-24)19-8-10-20(28)11-9-19/h2-6,8-13,17,27,29H,7,14-16H2,1H3. The van der Waals surface area contributed by atoms with Gasteiger partial charge in [0.1, 0.15) is 11.6 Å². The van der Waals surface area contributed by atoms with Crippen molar-refractivity contribution in [1.82, 2.24) is 9.88 Å². The van der Waals surface area contributed by atoms with Crippen LogP contribution in [0.5, 0.6) is 5.75 Å². The molecular formula is C27H25FN2O2. The predicted molar refractivity (Wildman–Crippen MR) is 123 cm³/mol. The molecule has 0 radical (unpaired) electrons. The smallest absolute Gasteiger partial charge is 0.223 e. The molecule has 4 aromatic rings. The van der Waals surface area contributed by atoms with Crippen molar-refractivity contribution in [3.8, 4) is 5.75 Å².